The van der Waals surface area contributed by atoms with Gasteiger partial charge in [-0.15, -0.1) is 0 Å². The number of hydrogen-bond acceptors (Lipinski definition) is 7. The molecule has 2 aromatic carbocycles. The molecule has 3 aromatic rings. The number of nitrogens with zero attached hydrogens (tertiary/aromatic N) is 2. The minimum atomic E-state index is -0.548. The van der Waals surface area contributed by atoms with Crippen LogP contribution in [0.3, 0.4) is 0 Å². The van der Waals surface area contributed by atoms with E-state index < -0.39 is 11.6 Å². The highest BCUT2D eigenvalue weighted by molar-refractivity contribution is 5.94. The number of carbonyl (C=O) groups is 2. The highest BCUT2D eigenvalue weighted by Crippen LogP contribution is 2.36. The van der Waals surface area contributed by atoms with Gasteiger partial charge in [-0.2, -0.15) is 0 Å². The van der Waals surface area contributed by atoms with Gasteiger partial charge in [0.05, 0.1) is 7.11 Å². The number of aliphatic hydroxyl groups excluding tert-OH is 1. The van der Waals surface area contributed by atoms with Crippen LogP contribution in [0.2, 0.25) is 0 Å². The van der Waals surface area contributed by atoms with Crippen molar-refractivity contribution in [2.24, 2.45) is 5.92 Å². The van der Waals surface area contributed by atoms with Crippen LogP contribution in [0.1, 0.15) is 62.3 Å². The number of imidazole rings is 1. The van der Waals surface area contributed by atoms with E-state index in [1.54, 1.807) is 4.90 Å². The molecule has 1 unspecified atom stereocenters. The van der Waals surface area contributed by atoms with Crippen LogP contribution in [0.25, 0.3) is 11.3 Å². The summed E-state index contributed by atoms with van der Waals surface area (Å²) in [6.45, 7) is 6.65. The second-order valence-corrected chi connectivity index (χ2v) is 10.7. The Morgan fingerprint density at radius 3 is 2.28 bits per heavy atom. The second-order valence-electron chi connectivity index (χ2n) is 10.7. The summed E-state index contributed by atoms with van der Waals surface area (Å²) in [5.41, 5.74) is 0.935. The van der Waals surface area contributed by atoms with Crippen molar-refractivity contribution in [3.05, 3.63) is 66.1 Å². The van der Waals surface area contributed by atoms with Crippen molar-refractivity contribution in [3.63, 3.8) is 0 Å². The number of H-pyrrole nitrogens is 1. The second kappa shape index (κ2) is 12.3. The fraction of sp³-hybridized carbons (Fsp3) is 0.433. The average molecular weight is 536 g/mol. The van der Waals surface area contributed by atoms with Crippen LogP contribution in [-0.2, 0) is 9.47 Å². The van der Waals surface area contributed by atoms with Gasteiger partial charge < -0.3 is 29.2 Å². The lowest BCUT2D eigenvalue weighted by Crippen LogP contribution is -2.42. The molecule has 39 heavy (non-hydrogen) atoms. The number of amides is 1. The summed E-state index contributed by atoms with van der Waals surface area (Å²) in [4.78, 5) is 35.0. The standard InChI is InChI=1S/C30H37N3O6/c1-30(2,3)39-29(36)33-17-14-20(15-18-33)24(16-19-34)27-31-25(26(32-27)28(35)37-4)21-10-12-23(13-11-21)38-22-8-6-5-7-9-22/h5-13,20,24,34H,14-19H2,1-4H3,(H,31,32). The van der Waals surface area contributed by atoms with Crippen molar-refractivity contribution < 1.29 is 28.9 Å². The number of para-hydroxylation sites is 1. The van der Waals surface area contributed by atoms with Gasteiger partial charge in [-0.25, -0.2) is 14.6 Å². The van der Waals surface area contributed by atoms with Gasteiger partial charge in [0, 0.05) is 31.2 Å². The SMILES string of the molecule is COC(=O)c1[nH]c(C(CCO)C2CCN(C(=O)OC(C)(C)C)CC2)nc1-c1ccc(Oc2ccccc2)cc1. The molecule has 0 bridgehead atoms. The predicted octanol–water partition coefficient (Wildman–Crippen LogP) is 5.77. The Morgan fingerprint density at radius 2 is 1.69 bits per heavy atom. The summed E-state index contributed by atoms with van der Waals surface area (Å²) in [6, 6.07) is 16.9. The van der Waals surface area contributed by atoms with Gasteiger partial charge in [0.15, 0.2) is 5.69 Å². The maximum Gasteiger partial charge on any atom is 0.410 e. The Morgan fingerprint density at radius 1 is 1.05 bits per heavy atom. The summed E-state index contributed by atoms with van der Waals surface area (Å²) < 4.78 is 16.4. The maximum atomic E-state index is 12.7. The van der Waals surface area contributed by atoms with Gasteiger partial charge in [0.25, 0.3) is 0 Å². The third kappa shape index (κ3) is 7.17. The number of esters is 1. The smallest absolute Gasteiger partial charge is 0.410 e. The number of ether oxygens (including phenoxy) is 3. The number of aromatic nitrogens is 2. The number of hydrogen-bond donors (Lipinski definition) is 2. The summed E-state index contributed by atoms with van der Waals surface area (Å²) in [5, 5.41) is 9.86. The number of piperidine rings is 1. The molecule has 1 aliphatic heterocycles. The Bertz CT molecular complexity index is 1240. The zero-order valence-electron chi connectivity index (χ0n) is 23.0. The van der Waals surface area contributed by atoms with E-state index in [0.29, 0.717) is 36.8 Å². The van der Waals surface area contributed by atoms with E-state index in [9.17, 15) is 14.7 Å². The number of benzene rings is 2. The molecular formula is C30H37N3O6. The van der Waals surface area contributed by atoms with E-state index in [1.165, 1.54) is 7.11 Å². The summed E-state index contributed by atoms with van der Waals surface area (Å²) in [7, 11) is 1.33. The fourth-order valence-corrected chi connectivity index (χ4v) is 4.88. The third-order valence-electron chi connectivity index (χ3n) is 6.77. The van der Waals surface area contributed by atoms with Crippen LogP contribution in [0.15, 0.2) is 54.6 Å². The van der Waals surface area contributed by atoms with Crippen LogP contribution in [0.5, 0.6) is 11.5 Å². The first-order chi connectivity index (χ1) is 18.7. The highest BCUT2D eigenvalue weighted by Gasteiger charge is 2.33. The molecule has 1 fully saturated rings. The van der Waals surface area contributed by atoms with Crippen molar-refractivity contribution in [3.8, 4) is 22.8 Å². The number of methoxy groups -OCH3 is 1. The predicted molar refractivity (Wildman–Crippen MR) is 147 cm³/mol. The van der Waals surface area contributed by atoms with Gasteiger partial charge in [0.1, 0.15) is 28.6 Å². The van der Waals surface area contributed by atoms with E-state index in [1.807, 2.05) is 75.4 Å². The molecule has 9 nitrogen and oxygen atoms in total. The lowest BCUT2D eigenvalue weighted by atomic mass is 9.82. The van der Waals surface area contributed by atoms with Crippen molar-refractivity contribution in [2.45, 2.75) is 51.6 Å². The van der Waals surface area contributed by atoms with E-state index in [0.717, 1.165) is 24.2 Å². The van der Waals surface area contributed by atoms with Crippen molar-refractivity contribution in [2.75, 3.05) is 26.8 Å². The average Bonchev–Trinajstić information content (AvgIpc) is 3.36. The van der Waals surface area contributed by atoms with E-state index >= 15 is 0 Å². The molecular weight excluding hydrogens is 498 g/mol. The molecule has 0 saturated carbocycles. The molecule has 9 heteroatoms. The number of nitrogens with one attached hydrogen (secondary N) is 1. The summed E-state index contributed by atoms with van der Waals surface area (Å²) >= 11 is 0. The number of aromatic amines is 1. The minimum Gasteiger partial charge on any atom is -0.464 e. The summed E-state index contributed by atoms with van der Waals surface area (Å²) in [6.07, 6.45) is 1.64. The lowest BCUT2D eigenvalue weighted by Gasteiger charge is -2.36. The molecule has 0 aliphatic carbocycles. The molecule has 2 heterocycles. The molecule has 208 valence electrons. The Labute approximate surface area is 229 Å². The topological polar surface area (TPSA) is 114 Å². The van der Waals surface area contributed by atoms with Crippen LogP contribution in [-0.4, -0.2) is 64.4 Å². The molecule has 4 rings (SSSR count). The minimum absolute atomic E-state index is 0.0218. The highest BCUT2D eigenvalue weighted by atomic mass is 16.6. The van der Waals surface area contributed by atoms with E-state index in [2.05, 4.69) is 4.98 Å². The Hall–Kier alpha value is -3.85. The molecule has 1 amide bonds. The normalized spacial score (nSPS) is 15.1. The van der Waals surface area contributed by atoms with Crippen LogP contribution < -0.4 is 4.74 Å². The molecule has 1 aliphatic rings. The van der Waals surface area contributed by atoms with Gasteiger partial charge >= 0.3 is 12.1 Å². The van der Waals surface area contributed by atoms with E-state index in [-0.39, 0.29) is 30.2 Å². The first kappa shape index (κ1) is 28.2. The molecule has 0 radical (unpaired) electrons. The molecule has 1 atom stereocenters. The largest absolute Gasteiger partial charge is 0.464 e. The Balaban J connectivity index is 1.54. The maximum absolute atomic E-state index is 12.7. The lowest BCUT2D eigenvalue weighted by molar-refractivity contribution is 0.0168. The number of rotatable bonds is 8. The zero-order chi connectivity index (χ0) is 28.0. The molecule has 0 spiro atoms. The van der Waals surface area contributed by atoms with Crippen molar-refractivity contribution >= 4 is 12.1 Å². The van der Waals surface area contributed by atoms with Gasteiger partial charge in [-0.3, -0.25) is 0 Å². The third-order valence-corrected chi connectivity index (χ3v) is 6.77. The number of aliphatic hydroxyl groups is 1. The van der Waals surface area contributed by atoms with Crippen LogP contribution in [0, 0.1) is 5.92 Å². The van der Waals surface area contributed by atoms with Gasteiger partial charge in [-0.05, 0) is 82.3 Å². The quantitative estimate of drug-likeness (QED) is 0.352. The van der Waals surface area contributed by atoms with Crippen LogP contribution >= 0.6 is 0 Å². The summed E-state index contributed by atoms with van der Waals surface area (Å²) in [5.74, 6) is 1.55. The molecule has 2 N–H and O–H groups in total. The van der Waals surface area contributed by atoms with E-state index in [4.69, 9.17) is 19.2 Å². The van der Waals surface area contributed by atoms with Crippen LogP contribution in [0.4, 0.5) is 4.79 Å². The fourth-order valence-electron chi connectivity index (χ4n) is 4.88. The van der Waals surface area contributed by atoms with Crippen molar-refractivity contribution in [1.29, 1.82) is 0 Å². The number of carbonyl (C=O) groups excluding carboxylic acids is 2. The first-order valence-corrected chi connectivity index (χ1v) is 13.3. The van der Waals surface area contributed by atoms with Gasteiger partial charge in [-0.1, -0.05) is 18.2 Å². The zero-order valence-corrected chi connectivity index (χ0v) is 23.0. The molecule has 1 aromatic heterocycles. The molecule has 1 saturated heterocycles. The monoisotopic (exact) mass is 535 g/mol. The first-order valence-electron chi connectivity index (χ1n) is 13.3. The van der Waals surface area contributed by atoms with Gasteiger partial charge in [0.2, 0.25) is 0 Å². The van der Waals surface area contributed by atoms with Crippen molar-refractivity contribution in [1.82, 2.24) is 14.9 Å². The Kier molecular flexibility index (Phi) is 8.91. The number of likely N-dealkylation sites (tertiary alicyclic amines) is 1.